The van der Waals surface area contributed by atoms with E-state index >= 15 is 0 Å². The van der Waals surface area contributed by atoms with Gasteiger partial charge in [-0.3, -0.25) is 9.59 Å². The van der Waals surface area contributed by atoms with Crippen molar-refractivity contribution in [3.8, 4) is 5.75 Å². The van der Waals surface area contributed by atoms with E-state index in [2.05, 4.69) is 20.2 Å². The molecule has 2 fully saturated rings. The molecule has 152 valence electrons. The van der Waals surface area contributed by atoms with Gasteiger partial charge in [-0.2, -0.15) is 0 Å². The highest BCUT2D eigenvalue weighted by molar-refractivity contribution is 6.04. The average molecular weight is 395 g/mol. The average Bonchev–Trinajstić information content (AvgIpc) is 3.39. The maximum Gasteiger partial charge on any atom is 0.229 e. The zero-order valence-electron chi connectivity index (χ0n) is 16.5. The van der Waals surface area contributed by atoms with Crippen LogP contribution in [0.1, 0.15) is 26.2 Å². The van der Waals surface area contributed by atoms with Crippen molar-refractivity contribution in [2.24, 2.45) is 5.92 Å². The predicted molar refractivity (Wildman–Crippen MR) is 110 cm³/mol. The summed E-state index contributed by atoms with van der Waals surface area (Å²) in [6.45, 7) is 4.72. The van der Waals surface area contributed by atoms with E-state index in [1.807, 2.05) is 31.2 Å². The molecule has 4 rings (SSSR count). The van der Waals surface area contributed by atoms with Gasteiger partial charge in [0.15, 0.2) is 5.82 Å². The van der Waals surface area contributed by atoms with Gasteiger partial charge >= 0.3 is 0 Å². The van der Waals surface area contributed by atoms with Crippen LogP contribution in [-0.4, -0.2) is 48.0 Å². The van der Waals surface area contributed by atoms with Gasteiger partial charge in [-0.15, -0.1) is 0 Å². The summed E-state index contributed by atoms with van der Waals surface area (Å²) in [4.78, 5) is 37.6. The monoisotopic (exact) mass is 395 g/mol. The van der Waals surface area contributed by atoms with Crippen molar-refractivity contribution in [2.75, 3.05) is 41.4 Å². The Morgan fingerprint density at radius 3 is 2.72 bits per heavy atom. The van der Waals surface area contributed by atoms with Crippen LogP contribution in [0.3, 0.4) is 0 Å². The van der Waals surface area contributed by atoms with Crippen LogP contribution in [0.2, 0.25) is 0 Å². The fourth-order valence-electron chi connectivity index (χ4n) is 3.85. The summed E-state index contributed by atoms with van der Waals surface area (Å²) in [6.07, 6.45) is 5.54. The number of aromatic nitrogens is 2. The van der Waals surface area contributed by atoms with Crippen molar-refractivity contribution in [2.45, 2.75) is 26.2 Å². The SMILES string of the molecule is CCOc1ccc(N2CC(C(=O)Nc3cncnc3N3CCCC3)CC2=O)cc1. The Bertz CT molecular complexity index is 880. The summed E-state index contributed by atoms with van der Waals surface area (Å²) in [5, 5.41) is 2.94. The second-order valence-electron chi connectivity index (χ2n) is 7.28. The molecule has 8 nitrogen and oxygen atoms in total. The largest absolute Gasteiger partial charge is 0.494 e. The number of carbonyl (C=O) groups is 2. The van der Waals surface area contributed by atoms with Crippen LogP contribution in [0.4, 0.5) is 17.2 Å². The van der Waals surface area contributed by atoms with Gasteiger partial charge in [-0.25, -0.2) is 9.97 Å². The molecule has 1 unspecified atom stereocenters. The molecule has 2 aromatic rings. The quantitative estimate of drug-likeness (QED) is 0.808. The Morgan fingerprint density at radius 2 is 2.00 bits per heavy atom. The van der Waals surface area contributed by atoms with Gasteiger partial charge in [0.05, 0.1) is 18.7 Å². The van der Waals surface area contributed by atoms with Crippen LogP contribution in [0.25, 0.3) is 0 Å². The molecule has 0 bridgehead atoms. The molecule has 0 radical (unpaired) electrons. The Labute approximate surface area is 169 Å². The molecule has 0 spiro atoms. The number of rotatable bonds is 6. The van der Waals surface area contributed by atoms with Crippen LogP contribution in [0.15, 0.2) is 36.8 Å². The van der Waals surface area contributed by atoms with E-state index < -0.39 is 5.92 Å². The number of nitrogens with zero attached hydrogens (tertiary/aromatic N) is 4. The van der Waals surface area contributed by atoms with Crippen molar-refractivity contribution in [1.82, 2.24) is 9.97 Å². The third-order valence-electron chi connectivity index (χ3n) is 5.31. The van der Waals surface area contributed by atoms with Gasteiger partial charge in [0, 0.05) is 31.7 Å². The number of carbonyl (C=O) groups excluding carboxylic acids is 2. The molecule has 2 amide bonds. The number of amides is 2. The lowest BCUT2D eigenvalue weighted by atomic mass is 10.1. The van der Waals surface area contributed by atoms with Crippen LogP contribution in [0, 0.1) is 5.92 Å². The van der Waals surface area contributed by atoms with E-state index in [0.29, 0.717) is 18.8 Å². The third-order valence-corrected chi connectivity index (χ3v) is 5.31. The van der Waals surface area contributed by atoms with E-state index in [1.54, 1.807) is 11.1 Å². The summed E-state index contributed by atoms with van der Waals surface area (Å²) in [5.41, 5.74) is 1.38. The summed E-state index contributed by atoms with van der Waals surface area (Å²) in [5.74, 6) is 0.857. The minimum atomic E-state index is -0.416. The first kappa shape index (κ1) is 19.2. The van der Waals surface area contributed by atoms with Crippen LogP contribution in [0.5, 0.6) is 5.75 Å². The zero-order valence-corrected chi connectivity index (χ0v) is 16.5. The van der Waals surface area contributed by atoms with Gasteiger partial charge in [-0.05, 0) is 44.0 Å². The molecule has 0 aliphatic carbocycles. The number of ether oxygens (including phenoxy) is 1. The standard InChI is InChI=1S/C21H25N5O3/c1-2-29-17-7-5-16(6-8-17)26-13-15(11-19(26)27)21(28)24-18-12-22-14-23-20(18)25-9-3-4-10-25/h5-8,12,14-15H,2-4,9-11,13H2,1H3,(H,24,28). The van der Waals surface area contributed by atoms with Gasteiger partial charge in [-0.1, -0.05) is 0 Å². The van der Waals surface area contributed by atoms with E-state index in [-0.39, 0.29) is 18.2 Å². The second kappa shape index (κ2) is 8.46. The Kier molecular flexibility index (Phi) is 5.59. The maximum absolute atomic E-state index is 12.9. The topological polar surface area (TPSA) is 87.7 Å². The van der Waals surface area contributed by atoms with Crippen molar-refractivity contribution in [1.29, 1.82) is 0 Å². The lowest BCUT2D eigenvalue weighted by molar-refractivity contribution is -0.122. The molecule has 0 saturated carbocycles. The predicted octanol–water partition coefficient (Wildman–Crippen LogP) is 2.47. The molecule has 1 atom stereocenters. The highest BCUT2D eigenvalue weighted by Gasteiger charge is 2.35. The minimum Gasteiger partial charge on any atom is -0.494 e. The number of hydrogen-bond donors (Lipinski definition) is 1. The highest BCUT2D eigenvalue weighted by Crippen LogP contribution is 2.29. The minimum absolute atomic E-state index is 0.0570. The Morgan fingerprint density at radius 1 is 1.24 bits per heavy atom. The fourth-order valence-corrected chi connectivity index (χ4v) is 3.85. The van der Waals surface area contributed by atoms with Crippen LogP contribution in [-0.2, 0) is 9.59 Å². The summed E-state index contributed by atoms with van der Waals surface area (Å²) >= 11 is 0. The molecule has 1 aromatic heterocycles. The number of benzene rings is 1. The summed E-state index contributed by atoms with van der Waals surface area (Å²) in [7, 11) is 0. The molecular formula is C21H25N5O3. The molecule has 1 N–H and O–H groups in total. The van der Waals surface area contributed by atoms with E-state index in [4.69, 9.17) is 4.74 Å². The lowest BCUT2D eigenvalue weighted by Gasteiger charge is -2.20. The van der Waals surface area contributed by atoms with E-state index in [9.17, 15) is 9.59 Å². The van der Waals surface area contributed by atoms with Crippen molar-refractivity contribution >= 4 is 29.0 Å². The van der Waals surface area contributed by atoms with E-state index in [1.165, 1.54) is 6.33 Å². The number of anilines is 3. The summed E-state index contributed by atoms with van der Waals surface area (Å²) < 4.78 is 5.45. The first-order valence-corrected chi connectivity index (χ1v) is 10.0. The van der Waals surface area contributed by atoms with Crippen molar-refractivity contribution in [3.05, 3.63) is 36.8 Å². The first-order valence-electron chi connectivity index (χ1n) is 10.0. The molecule has 3 heterocycles. The molecule has 29 heavy (non-hydrogen) atoms. The first-order chi connectivity index (χ1) is 14.2. The van der Waals surface area contributed by atoms with Gasteiger partial charge in [0.25, 0.3) is 0 Å². The van der Waals surface area contributed by atoms with Crippen molar-refractivity contribution in [3.63, 3.8) is 0 Å². The van der Waals surface area contributed by atoms with Gasteiger partial charge in [0.2, 0.25) is 11.8 Å². The summed E-state index contributed by atoms with van der Waals surface area (Å²) in [6, 6.07) is 7.37. The fraction of sp³-hybridized carbons (Fsp3) is 0.429. The smallest absolute Gasteiger partial charge is 0.229 e. The van der Waals surface area contributed by atoms with Crippen LogP contribution >= 0.6 is 0 Å². The number of hydrogen-bond acceptors (Lipinski definition) is 6. The Balaban J connectivity index is 1.43. The number of nitrogens with one attached hydrogen (secondary N) is 1. The molecule has 2 aliphatic rings. The van der Waals surface area contributed by atoms with Gasteiger partial charge in [0.1, 0.15) is 17.8 Å². The normalized spacial score (nSPS) is 18.9. The second-order valence-corrected chi connectivity index (χ2v) is 7.28. The zero-order chi connectivity index (χ0) is 20.2. The van der Waals surface area contributed by atoms with Crippen molar-refractivity contribution < 1.29 is 14.3 Å². The lowest BCUT2D eigenvalue weighted by Crippen LogP contribution is -2.29. The van der Waals surface area contributed by atoms with Crippen LogP contribution < -0.4 is 19.9 Å². The molecule has 8 heteroatoms. The highest BCUT2D eigenvalue weighted by atomic mass is 16.5. The molecular weight excluding hydrogens is 370 g/mol. The molecule has 2 aliphatic heterocycles. The van der Waals surface area contributed by atoms with E-state index in [0.717, 1.165) is 43.2 Å². The Hall–Kier alpha value is -3.16. The maximum atomic E-state index is 12.9. The molecule has 2 saturated heterocycles. The van der Waals surface area contributed by atoms with Gasteiger partial charge < -0.3 is 19.9 Å². The molecule has 1 aromatic carbocycles. The third kappa shape index (κ3) is 4.16.